The number of aryl methyl sites for hydroxylation is 1. The van der Waals surface area contributed by atoms with Gasteiger partial charge in [-0.05, 0) is 64.1 Å². The highest BCUT2D eigenvalue weighted by molar-refractivity contribution is 6.07. The van der Waals surface area contributed by atoms with Gasteiger partial charge in [0.15, 0.2) is 5.65 Å². The van der Waals surface area contributed by atoms with Crippen LogP contribution in [0.15, 0.2) is 42.6 Å². The first-order valence-corrected chi connectivity index (χ1v) is 10.1. The number of aromatic nitrogens is 2. The van der Waals surface area contributed by atoms with Gasteiger partial charge in [0.05, 0.1) is 23.4 Å². The van der Waals surface area contributed by atoms with Crippen LogP contribution < -0.4 is 5.32 Å². The summed E-state index contributed by atoms with van der Waals surface area (Å²) in [6.45, 7) is 9.10. The molecule has 31 heavy (non-hydrogen) atoms. The summed E-state index contributed by atoms with van der Waals surface area (Å²) in [6.07, 6.45) is 1.57. The highest BCUT2D eigenvalue weighted by Gasteiger charge is 2.20. The molecule has 0 saturated carbocycles. The summed E-state index contributed by atoms with van der Waals surface area (Å²) in [6, 6.07) is 10.8. The van der Waals surface area contributed by atoms with Crippen LogP contribution in [-0.4, -0.2) is 46.4 Å². The minimum Gasteiger partial charge on any atom is -0.462 e. The van der Waals surface area contributed by atoms with E-state index in [-0.39, 0.29) is 24.3 Å². The Kier molecular flexibility index (Phi) is 8.33. The molecule has 0 atom stereocenters. The molecule has 0 unspecified atom stereocenters. The Morgan fingerprint density at radius 2 is 1.71 bits per heavy atom. The molecular formula is C23H27ClN4O3. The molecule has 0 spiro atoms. The van der Waals surface area contributed by atoms with Crippen molar-refractivity contribution in [1.82, 2.24) is 14.9 Å². The highest BCUT2D eigenvalue weighted by Crippen LogP contribution is 2.30. The van der Waals surface area contributed by atoms with Gasteiger partial charge in [-0.3, -0.25) is 4.79 Å². The average molecular weight is 443 g/mol. The van der Waals surface area contributed by atoms with Gasteiger partial charge < -0.3 is 15.0 Å². The van der Waals surface area contributed by atoms with Gasteiger partial charge in [0, 0.05) is 36.1 Å². The Hall–Kier alpha value is -3.19. The molecule has 3 rings (SSSR count). The zero-order valence-electron chi connectivity index (χ0n) is 18.1. The van der Waals surface area contributed by atoms with Gasteiger partial charge in [0.25, 0.3) is 5.91 Å². The molecule has 0 aliphatic rings. The number of halogens is 1. The number of rotatable bonds is 7. The third-order valence-corrected chi connectivity index (χ3v) is 4.82. The molecule has 2 heterocycles. The van der Waals surface area contributed by atoms with E-state index in [0.717, 1.165) is 16.8 Å². The van der Waals surface area contributed by atoms with Gasteiger partial charge in [-0.2, -0.15) is 0 Å². The van der Waals surface area contributed by atoms with E-state index in [9.17, 15) is 9.59 Å². The molecule has 0 radical (unpaired) electrons. The number of hydrogen-bond donors (Lipinski definition) is 1. The van der Waals surface area contributed by atoms with Gasteiger partial charge in [-0.1, -0.05) is 0 Å². The number of fused-ring (bicyclic) bond motifs is 1. The largest absolute Gasteiger partial charge is 0.462 e. The Balaban J connectivity index is 0.00000341. The van der Waals surface area contributed by atoms with Crippen LogP contribution in [0.4, 0.5) is 11.4 Å². The molecule has 2 aromatic heterocycles. The average Bonchev–Trinajstić information content (AvgIpc) is 2.75. The van der Waals surface area contributed by atoms with E-state index in [1.165, 1.54) is 0 Å². The number of nitrogens with one attached hydrogen (secondary N) is 1. The lowest BCUT2D eigenvalue weighted by Gasteiger charge is -2.21. The zero-order chi connectivity index (χ0) is 21.7. The smallest absolute Gasteiger partial charge is 0.338 e. The summed E-state index contributed by atoms with van der Waals surface area (Å²) in [5, 5.41) is 4.09. The number of carbonyl (C=O) groups is 2. The fourth-order valence-electron chi connectivity index (χ4n) is 3.20. The van der Waals surface area contributed by atoms with E-state index in [1.54, 1.807) is 42.3 Å². The Morgan fingerprint density at radius 1 is 1.03 bits per heavy atom. The Morgan fingerprint density at radius 3 is 2.32 bits per heavy atom. The normalized spacial score (nSPS) is 10.3. The second-order valence-corrected chi connectivity index (χ2v) is 6.77. The molecule has 7 nitrogen and oxygen atoms in total. The van der Waals surface area contributed by atoms with Crippen LogP contribution in [0.5, 0.6) is 0 Å². The minimum atomic E-state index is -0.365. The van der Waals surface area contributed by atoms with Gasteiger partial charge in [-0.15, -0.1) is 12.4 Å². The van der Waals surface area contributed by atoms with E-state index in [2.05, 4.69) is 15.3 Å². The summed E-state index contributed by atoms with van der Waals surface area (Å²) in [5.41, 5.74) is 3.75. The van der Waals surface area contributed by atoms with Gasteiger partial charge >= 0.3 is 5.97 Å². The third kappa shape index (κ3) is 5.30. The molecule has 0 bridgehead atoms. The lowest BCUT2D eigenvalue weighted by Crippen LogP contribution is -2.31. The maximum atomic E-state index is 13.1. The van der Waals surface area contributed by atoms with Crippen LogP contribution in [0, 0.1) is 6.92 Å². The first-order valence-electron chi connectivity index (χ1n) is 10.1. The van der Waals surface area contributed by atoms with Crippen LogP contribution in [0.25, 0.3) is 11.0 Å². The van der Waals surface area contributed by atoms with Crippen molar-refractivity contribution in [3.8, 4) is 0 Å². The molecule has 3 aromatic rings. The Bertz CT molecular complexity index is 1070. The number of ether oxygens (including phenoxy) is 1. The molecule has 0 aliphatic carbocycles. The quantitative estimate of drug-likeness (QED) is 0.531. The zero-order valence-corrected chi connectivity index (χ0v) is 19.0. The predicted molar refractivity (Wildman–Crippen MR) is 124 cm³/mol. The molecule has 1 N–H and O–H groups in total. The standard InChI is InChI=1S/C23H26N4O3.ClH/c1-5-27(6-2)22(28)19-14-24-21-18(13-8-15(4)25-21)20(19)26-17-11-9-16(10-12-17)23(29)30-7-3;/h8-14H,5-7H2,1-4H3,(H,24,25,26);1H. The summed E-state index contributed by atoms with van der Waals surface area (Å²) in [7, 11) is 0. The fraction of sp³-hybridized carbons (Fsp3) is 0.304. The molecule has 164 valence electrons. The van der Waals surface area contributed by atoms with Crippen molar-refractivity contribution in [3.05, 3.63) is 59.4 Å². The summed E-state index contributed by atoms with van der Waals surface area (Å²) in [5.74, 6) is -0.462. The monoisotopic (exact) mass is 442 g/mol. The van der Waals surface area contributed by atoms with Gasteiger partial charge in [0.2, 0.25) is 0 Å². The van der Waals surface area contributed by atoms with Crippen molar-refractivity contribution >= 4 is 46.7 Å². The molecular weight excluding hydrogens is 416 g/mol. The van der Waals surface area contributed by atoms with Crippen molar-refractivity contribution in [1.29, 1.82) is 0 Å². The maximum Gasteiger partial charge on any atom is 0.338 e. The van der Waals surface area contributed by atoms with Crippen molar-refractivity contribution in [3.63, 3.8) is 0 Å². The van der Waals surface area contributed by atoms with E-state index >= 15 is 0 Å². The molecule has 8 heteroatoms. The van der Waals surface area contributed by atoms with Crippen molar-refractivity contribution in [2.75, 3.05) is 25.0 Å². The maximum absolute atomic E-state index is 13.1. The summed E-state index contributed by atoms with van der Waals surface area (Å²) in [4.78, 5) is 35.7. The van der Waals surface area contributed by atoms with Crippen molar-refractivity contribution < 1.29 is 14.3 Å². The Labute approximate surface area is 188 Å². The first kappa shape index (κ1) is 24.1. The van der Waals surface area contributed by atoms with Gasteiger partial charge in [0.1, 0.15) is 0 Å². The highest BCUT2D eigenvalue weighted by atomic mass is 35.5. The SMILES string of the molecule is CCOC(=O)c1ccc(Nc2c(C(=O)N(CC)CC)cnc3nc(C)ccc23)cc1.Cl. The lowest BCUT2D eigenvalue weighted by atomic mass is 10.1. The molecule has 1 amide bonds. The topological polar surface area (TPSA) is 84.4 Å². The summed E-state index contributed by atoms with van der Waals surface area (Å²) < 4.78 is 5.03. The first-order chi connectivity index (χ1) is 14.5. The van der Waals surface area contributed by atoms with E-state index in [0.29, 0.717) is 42.2 Å². The predicted octanol–water partition coefficient (Wildman–Crippen LogP) is 4.76. The third-order valence-electron chi connectivity index (χ3n) is 4.82. The molecule has 1 aromatic carbocycles. The number of benzene rings is 1. The van der Waals surface area contributed by atoms with Crippen LogP contribution in [-0.2, 0) is 4.74 Å². The number of carbonyl (C=O) groups excluding carboxylic acids is 2. The summed E-state index contributed by atoms with van der Waals surface area (Å²) >= 11 is 0. The number of anilines is 2. The molecule has 0 aliphatic heterocycles. The van der Waals surface area contributed by atoms with Crippen LogP contribution in [0.3, 0.4) is 0 Å². The number of esters is 1. The van der Waals surface area contributed by atoms with Gasteiger partial charge in [-0.25, -0.2) is 14.8 Å². The number of hydrogen-bond acceptors (Lipinski definition) is 6. The van der Waals surface area contributed by atoms with Crippen molar-refractivity contribution in [2.45, 2.75) is 27.7 Å². The molecule has 0 fully saturated rings. The fourth-order valence-corrected chi connectivity index (χ4v) is 3.20. The minimum absolute atomic E-state index is 0. The van der Waals surface area contributed by atoms with Crippen LogP contribution in [0.2, 0.25) is 0 Å². The number of amides is 1. The van der Waals surface area contributed by atoms with Crippen molar-refractivity contribution in [2.24, 2.45) is 0 Å². The van der Waals surface area contributed by atoms with E-state index in [4.69, 9.17) is 4.74 Å². The van der Waals surface area contributed by atoms with E-state index < -0.39 is 0 Å². The van der Waals surface area contributed by atoms with Crippen LogP contribution >= 0.6 is 12.4 Å². The van der Waals surface area contributed by atoms with Crippen LogP contribution in [0.1, 0.15) is 47.2 Å². The number of nitrogens with zero attached hydrogens (tertiary/aromatic N) is 3. The lowest BCUT2D eigenvalue weighted by molar-refractivity contribution is 0.0526. The molecule has 0 saturated heterocycles. The van der Waals surface area contributed by atoms with E-state index in [1.807, 2.05) is 32.9 Å². The number of pyridine rings is 2. The second-order valence-electron chi connectivity index (χ2n) is 6.77. The second kappa shape index (κ2) is 10.7.